The minimum Gasteiger partial charge on any atom is -0.497 e. The highest BCUT2D eigenvalue weighted by molar-refractivity contribution is 7.08. The van der Waals surface area contributed by atoms with Crippen LogP contribution in [0.4, 0.5) is 5.69 Å². The Morgan fingerprint density at radius 3 is 2.59 bits per heavy atom. The fourth-order valence-electron chi connectivity index (χ4n) is 1.60. The van der Waals surface area contributed by atoms with Crippen LogP contribution in [0, 0.1) is 0 Å². The molecule has 3 nitrogen and oxygen atoms in total. The molecule has 0 aliphatic carbocycles. The lowest BCUT2D eigenvalue weighted by atomic mass is 10.1. The summed E-state index contributed by atoms with van der Waals surface area (Å²) in [6.07, 6.45) is 0. The maximum absolute atomic E-state index is 9.38. The molecular weight excluding hydrogens is 234 g/mol. The minimum atomic E-state index is -0.0605. The quantitative estimate of drug-likeness (QED) is 0.856. The number of aliphatic hydroxyl groups excluding tert-OH is 1. The van der Waals surface area contributed by atoms with Crippen LogP contribution in [-0.4, -0.2) is 18.8 Å². The van der Waals surface area contributed by atoms with Gasteiger partial charge in [-0.3, -0.25) is 0 Å². The van der Waals surface area contributed by atoms with Crippen molar-refractivity contribution in [3.8, 4) is 5.75 Å². The highest BCUT2D eigenvalue weighted by atomic mass is 32.1. The molecule has 0 amide bonds. The molecule has 2 rings (SSSR count). The van der Waals surface area contributed by atoms with E-state index in [4.69, 9.17) is 4.74 Å². The number of benzene rings is 1. The van der Waals surface area contributed by atoms with E-state index >= 15 is 0 Å². The van der Waals surface area contributed by atoms with E-state index in [1.54, 1.807) is 18.4 Å². The Morgan fingerprint density at radius 1 is 1.29 bits per heavy atom. The van der Waals surface area contributed by atoms with Gasteiger partial charge in [-0.1, -0.05) is 0 Å². The molecule has 0 bridgehead atoms. The molecule has 0 saturated carbocycles. The smallest absolute Gasteiger partial charge is 0.119 e. The summed E-state index contributed by atoms with van der Waals surface area (Å²) in [5, 5.41) is 16.7. The summed E-state index contributed by atoms with van der Waals surface area (Å²) in [6, 6.07) is 9.62. The van der Waals surface area contributed by atoms with Crippen molar-refractivity contribution in [3.05, 3.63) is 46.7 Å². The SMILES string of the molecule is COc1ccc(NC(CO)c2ccsc2)cc1. The second kappa shape index (κ2) is 5.70. The summed E-state index contributed by atoms with van der Waals surface area (Å²) in [6.45, 7) is 0.0722. The molecule has 1 atom stereocenters. The number of hydrogen-bond acceptors (Lipinski definition) is 4. The van der Waals surface area contributed by atoms with Gasteiger partial charge in [-0.15, -0.1) is 0 Å². The van der Waals surface area contributed by atoms with Gasteiger partial charge >= 0.3 is 0 Å². The van der Waals surface area contributed by atoms with Gasteiger partial charge in [-0.25, -0.2) is 0 Å². The van der Waals surface area contributed by atoms with Gasteiger partial charge in [0.05, 0.1) is 19.8 Å². The molecule has 0 aliphatic rings. The van der Waals surface area contributed by atoms with E-state index in [-0.39, 0.29) is 12.6 Å². The summed E-state index contributed by atoms with van der Waals surface area (Å²) in [5.41, 5.74) is 2.07. The first-order chi connectivity index (χ1) is 8.33. The third-order valence-electron chi connectivity index (χ3n) is 2.56. The lowest BCUT2D eigenvalue weighted by molar-refractivity contribution is 0.276. The molecule has 1 aromatic heterocycles. The van der Waals surface area contributed by atoms with E-state index in [1.165, 1.54) is 0 Å². The van der Waals surface area contributed by atoms with Gasteiger partial charge in [0.1, 0.15) is 5.75 Å². The second-order valence-electron chi connectivity index (χ2n) is 3.66. The van der Waals surface area contributed by atoms with E-state index in [2.05, 4.69) is 5.32 Å². The molecule has 90 valence electrons. The van der Waals surface area contributed by atoms with Crippen LogP contribution in [0.25, 0.3) is 0 Å². The number of nitrogens with one attached hydrogen (secondary N) is 1. The van der Waals surface area contributed by atoms with E-state index in [0.29, 0.717) is 0 Å². The highest BCUT2D eigenvalue weighted by Gasteiger charge is 2.10. The van der Waals surface area contributed by atoms with Crippen molar-refractivity contribution in [2.24, 2.45) is 0 Å². The van der Waals surface area contributed by atoms with Crippen LogP contribution in [-0.2, 0) is 0 Å². The predicted molar refractivity (Wildman–Crippen MR) is 70.8 cm³/mol. The first-order valence-electron chi connectivity index (χ1n) is 5.37. The summed E-state index contributed by atoms with van der Waals surface area (Å²) < 4.78 is 5.10. The Morgan fingerprint density at radius 2 is 2.06 bits per heavy atom. The van der Waals surface area contributed by atoms with Gasteiger partial charge in [-0.2, -0.15) is 11.3 Å². The first kappa shape index (κ1) is 12.0. The van der Waals surface area contributed by atoms with Gasteiger partial charge in [0, 0.05) is 5.69 Å². The van der Waals surface area contributed by atoms with E-state index in [0.717, 1.165) is 17.0 Å². The van der Waals surface area contributed by atoms with Gasteiger partial charge in [0.25, 0.3) is 0 Å². The third-order valence-corrected chi connectivity index (χ3v) is 3.26. The number of rotatable bonds is 5. The van der Waals surface area contributed by atoms with Crippen LogP contribution in [0.1, 0.15) is 11.6 Å². The predicted octanol–water partition coefficient (Wildman–Crippen LogP) is 2.90. The molecule has 0 radical (unpaired) electrons. The van der Waals surface area contributed by atoms with Gasteiger partial charge in [0.15, 0.2) is 0 Å². The van der Waals surface area contributed by atoms with Crippen LogP contribution in [0.15, 0.2) is 41.1 Å². The normalized spacial score (nSPS) is 12.1. The van der Waals surface area contributed by atoms with Gasteiger partial charge < -0.3 is 15.2 Å². The maximum Gasteiger partial charge on any atom is 0.119 e. The zero-order valence-electron chi connectivity index (χ0n) is 9.59. The Hall–Kier alpha value is -1.52. The molecule has 1 aromatic carbocycles. The Labute approximate surface area is 105 Å². The Kier molecular flexibility index (Phi) is 4.01. The van der Waals surface area contributed by atoms with E-state index < -0.39 is 0 Å². The topological polar surface area (TPSA) is 41.5 Å². The van der Waals surface area contributed by atoms with Crippen molar-refractivity contribution >= 4 is 17.0 Å². The molecule has 2 aromatic rings. The van der Waals surface area contributed by atoms with E-state index in [9.17, 15) is 5.11 Å². The van der Waals surface area contributed by atoms with Crippen LogP contribution in [0.3, 0.4) is 0 Å². The van der Waals surface area contributed by atoms with Gasteiger partial charge in [0.2, 0.25) is 0 Å². The molecule has 1 unspecified atom stereocenters. The van der Waals surface area contributed by atoms with Crippen molar-refractivity contribution in [1.29, 1.82) is 0 Å². The third kappa shape index (κ3) is 2.99. The average molecular weight is 249 g/mol. The summed E-state index contributed by atoms with van der Waals surface area (Å²) in [5.74, 6) is 0.826. The van der Waals surface area contributed by atoms with Gasteiger partial charge in [-0.05, 0) is 46.7 Å². The molecule has 0 fully saturated rings. The fraction of sp³-hybridized carbons (Fsp3) is 0.231. The Bertz CT molecular complexity index is 439. The van der Waals surface area contributed by atoms with Crippen molar-refractivity contribution in [2.75, 3.05) is 19.0 Å². The Balaban J connectivity index is 2.07. The number of hydrogen-bond donors (Lipinski definition) is 2. The first-order valence-corrected chi connectivity index (χ1v) is 6.31. The lowest BCUT2D eigenvalue weighted by Gasteiger charge is -2.16. The van der Waals surface area contributed by atoms with Crippen molar-refractivity contribution < 1.29 is 9.84 Å². The van der Waals surface area contributed by atoms with E-state index in [1.807, 2.05) is 41.1 Å². The molecule has 0 aliphatic heterocycles. The minimum absolute atomic E-state index is 0.0605. The van der Waals surface area contributed by atoms with Crippen LogP contribution < -0.4 is 10.1 Å². The summed E-state index contributed by atoms with van der Waals surface area (Å²) in [7, 11) is 1.64. The zero-order chi connectivity index (χ0) is 12.1. The van der Waals surface area contributed by atoms with Crippen molar-refractivity contribution in [2.45, 2.75) is 6.04 Å². The molecular formula is C13H15NO2S. The van der Waals surface area contributed by atoms with Crippen LogP contribution in [0.5, 0.6) is 5.75 Å². The summed E-state index contributed by atoms with van der Waals surface area (Å²) >= 11 is 1.63. The molecule has 2 N–H and O–H groups in total. The average Bonchev–Trinajstić information content (AvgIpc) is 2.90. The van der Waals surface area contributed by atoms with Crippen molar-refractivity contribution in [1.82, 2.24) is 0 Å². The molecule has 0 spiro atoms. The van der Waals surface area contributed by atoms with Crippen molar-refractivity contribution in [3.63, 3.8) is 0 Å². The number of anilines is 1. The number of aliphatic hydroxyl groups is 1. The number of thiophene rings is 1. The maximum atomic E-state index is 9.38. The second-order valence-corrected chi connectivity index (χ2v) is 4.44. The fourth-order valence-corrected chi connectivity index (χ4v) is 2.31. The summed E-state index contributed by atoms with van der Waals surface area (Å²) in [4.78, 5) is 0. The number of ether oxygens (including phenoxy) is 1. The molecule has 1 heterocycles. The molecule has 0 saturated heterocycles. The standard InChI is InChI=1S/C13H15NO2S/c1-16-12-4-2-11(3-5-12)14-13(8-15)10-6-7-17-9-10/h2-7,9,13-15H,8H2,1H3. The van der Waals surface area contributed by atoms with Crippen LogP contribution >= 0.6 is 11.3 Å². The number of methoxy groups -OCH3 is 1. The molecule has 4 heteroatoms. The van der Waals surface area contributed by atoms with Crippen LogP contribution in [0.2, 0.25) is 0 Å². The lowest BCUT2D eigenvalue weighted by Crippen LogP contribution is -2.13. The molecule has 17 heavy (non-hydrogen) atoms. The largest absolute Gasteiger partial charge is 0.497 e. The zero-order valence-corrected chi connectivity index (χ0v) is 10.4. The monoisotopic (exact) mass is 249 g/mol. The highest BCUT2D eigenvalue weighted by Crippen LogP contribution is 2.22.